The van der Waals surface area contributed by atoms with Crippen LogP contribution in [0.2, 0.25) is 0 Å². The molecule has 1 aromatic heterocycles. The minimum absolute atomic E-state index is 0.544. The molecule has 0 aromatic carbocycles. The van der Waals surface area contributed by atoms with E-state index in [1.807, 2.05) is 11.5 Å². The molecule has 0 aliphatic heterocycles. The summed E-state index contributed by atoms with van der Waals surface area (Å²) in [5.74, 6) is 0.615. The van der Waals surface area contributed by atoms with Gasteiger partial charge < -0.3 is 9.30 Å². The number of unbranched alkanes of at least 4 members (excludes halogenated alkanes) is 1. The second-order valence-electron chi connectivity index (χ2n) is 3.33. The Bertz CT molecular complexity index is 482. The molecular weight excluding hydrogens is 254 g/mol. The Morgan fingerprint density at radius 1 is 1.59 bits per heavy atom. The maximum Gasteiger partial charge on any atom is 0.176 e. The van der Waals surface area contributed by atoms with E-state index in [0.29, 0.717) is 21.3 Å². The summed E-state index contributed by atoms with van der Waals surface area (Å²) >= 11 is 6.53. The molecule has 0 saturated heterocycles. The zero-order valence-electron chi connectivity index (χ0n) is 9.97. The first-order chi connectivity index (χ1) is 8.24. The maximum atomic E-state index is 9.02. The van der Waals surface area contributed by atoms with Gasteiger partial charge in [0.15, 0.2) is 21.0 Å². The van der Waals surface area contributed by atoms with Crippen molar-refractivity contribution in [1.82, 2.24) is 4.57 Å². The fourth-order valence-electron chi connectivity index (χ4n) is 1.27. The monoisotopic (exact) mass is 269 g/mol. The zero-order valence-corrected chi connectivity index (χ0v) is 11.6. The molecule has 0 radical (unpaired) electrons. The van der Waals surface area contributed by atoms with Gasteiger partial charge in [-0.05, 0) is 25.6 Å². The summed E-state index contributed by atoms with van der Waals surface area (Å²) in [6, 6.07) is 2.12. The van der Waals surface area contributed by atoms with E-state index < -0.39 is 0 Å². The lowest BCUT2D eigenvalue weighted by molar-refractivity contribution is 0.343. The SMILES string of the molecule is CCCCn1c(/N=C/OCC)c(C#N)sc1=S. The second kappa shape index (κ2) is 7.20. The summed E-state index contributed by atoms with van der Waals surface area (Å²) in [6.45, 7) is 5.36. The lowest BCUT2D eigenvalue weighted by atomic mass is 10.3. The number of nitriles is 1. The summed E-state index contributed by atoms with van der Waals surface area (Å²) < 4.78 is 7.66. The van der Waals surface area contributed by atoms with E-state index in [1.54, 1.807) is 0 Å². The number of aromatic nitrogens is 1. The van der Waals surface area contributed by atoms with Gasteiger partial charge in [0, 0.05) is 6.54 Å². The first-order valence-electron chi connectivity index (χ1n) is 5.52. The van der Waals surface area contributed by atoms with Gasteiger partial charge >= 0.3 is 0 Å². The average molecular weight is 269 g/mol. The largest absolute Gasteiger partial charge is 0.483 e. The molecule has 0 unspecified atom stereocenters. The van der Waals surface area contributed by atoms with E-state index in [4.69, 9.17) is 22.2 Å². The third-order valence-corrected chi connectivity index (χ3v) is 3.46. The standard InChI is InChI=1S/C11H15N3OS2/c1-3-5-6-14-10(13-8-15-4-2)9(7-12)17-11(14)16/h8H,3-6H2,1-2H3/b13-8+. The number of nitrogens with zero attached hydrogens (tertiary/aromatic N) is 3. The molecule has 0 N–H and O–H groups in total. The van der Waals surface area contributed by atoms with Crippen LogP contribution < -0.4 is 0 Å². The predicted molar refractivity (Wildman–Crippen MR) is 72.5 cm³/mol. The number of ether oxygens (including phenoxy) is 1. The van der Waals surface area contributed by atoms with Crippen molar-refractivity contribution >= 4 is 35.8 Å². The summed E-state index contributed by atoms with van der Waals surface area (Å²) in [5, 5.41) is 9.02. The molecule has 0 fully saturated rings. The molecule has 1 heterocycles. The highest BCUT2D eigenvalue weighted by molar-refractivity contribution is 7.73. The number of hydrogen-bond donors (Lipinski definition) is 0. The van der Waals surface area contributed by atoms with Crippen molar-refractivity contribution in [2.24, 2.45) is 4.99 Å². The van der Waals surface area contributed by atoms with Crippen LogP contribution in [0.1, 0.15) is 31.6 Å². The zero-order chi connectivity index (χ0) is 12.7. The highest BCUT2D eigenvalue weighted by Crippen LogP contribution is 2.27. The minimum Gasteiger partial charge on any atom is -0.483 e. The van der Waals surface area contributed by atoms with Gasteiger partial charge in [-0.25, -0.2) is 4.99 Å². The highest BCUT2D eigenvalue weighted by Gasteiger charge is 2.10. The van der Waals surface area contributed by atoms with Crippen molar-refractivity contribution in [2.75, 3.05) is 6.61 Å². The number of thiazole rings is 1. The van der Waals surface area contributed by atoms with Gasteiger partial charge in [0.2, 0.25) is 0 Å². The second-order valence-corrected chi connectivity index (χ2v) is 4.97. The Hall–Kier alpha value is -1.19. The van der Waals surface area contributed by atoms with Crippen LogP contribution in [0.3, 0.4) is 0 Å². The van der Waals surface area contributed by atoms with Crippen LogP contribution in [0.25, 0.3) is 0 Å². The molecule has 0 atom stereocenters. The van der Waals surface area contributed by atoms with Crippen LogP contribution in [-0.2, 0) is 11.3 Å². The van der Waals surface area contributed by atoms with Gasteiger partial charge in [-0.15, -0.1) is 0 Å². The average Bonchev–Trinajstić information content (AvgIpc) is 2.63. The van der Waals surface area contributed by atoms with Crippen LogP contribution in [0.5, 0.6) is 0 Å². The first kappa shape index (κ1) is 13.9. The Morgan fingerprint density at radius 3 is 2.94 bits per heavy atom. The van der Waals surface area contributed by atoms with Crippen LogP contribution in [0, 0.1) is 15.3 Å². The molecular formula is C11H15N3OS2. The van der Waals surface area contributed by atoms with Crippen molar-refractivity contribution in [3.63, 3.8) is 0 Å². The van der Waals surface area contributed by atoms with E-state index >= 15 is 0 Å². The summed E-state index contributed by atoms with van der Waals surface area (Å²) in [5.41, 5.74) is 0. The van der Waals surface area contributed by atoms with Crippen molar-refractivity contribution in [3.8, 4) is 6.07 Å². The number of aliphatic imine (C=N–C) groups is 1. The van der Waals surface area contributed by atoms with E-state index in [-0.39, 0.29) is 0 Å². The molecule has 0 aliphatic carbocycles. The molecule has 0 aliphatic rings. The van der Waals surface area contributed by atoms with Crippen LogP contribution in [0.4, 0.5) is 5.82 Å². The summed E-state index contributed by atoms with van der Waals surface area (Å²) in [7, 11) is 0. The van der Waals surface area contributed by atoms with Gasteiger partial charge in [-0.3, -0.25) is 0 Å². The molecule has 4 nitrogen and oxygen atoms in total. The fraction of sp³-hybridized carbons (Fsp3) is 0.545. The molecule has 0 saturated carbocycles. The van der Waals surface area contributed by atoms with Crippen molar-refractivity contribution < 1.29 is 4.74 Å². The van der Waals surface area contributed by atoms with Crippen molar-refractivity contribution in [3.05, 3.63) is 8.83 Å². The molecule has 92 valence electrons. The quantitative estimate of drug-likeness (QED) is 0.450. The van der Waals surface area contributed by atoms with Gasteiger partial charge in [-0.2, -0.15) is 5.26 Å². The van der Waals surface area contributed by atoms with E-state index in [2.05, 4.69) is 18.0 Å². The molecule has 1 aromatic rings. The van der Waals surface area contributed by atoms with Gasteiger partial charge in [0.1, 0.15) is 6.07 Å². The van der Waals surface area contributed by atoms with Gasteiger partial charge in [0.05, 0.1) is 6.61 Å². The van der Waals surface area contributed by atoms with Crippen molar-refractivity contribution in [2.45, 2.75) is 33.2 Å². The third kappa shape index (κ3) is 3.65. The van der Waals surface area contributed by atoms with Crippen molar-refractivity contribution in [1.29, 1.82) is 5.26 Å². The van der Waals surface area contributed by atoms with Crippen LogP contribution in [-0.4, -0.2) is 17.6 Å². The Balaban J connectivity index is 3.05. The Kier molecular flexibility index (Phi) is 5.87. The predicted octanol–water partition coefficient (Wildman–Crippen LogP) is 3.65. The normalized spacial score (nSPS) is 10.6. The topological polar surface area (TPSA) is 50.3 Å². The highest BCUT2D eigenvalue weighted by atomic mass is 32.1. The van der Waals surface area contributed by atoms with E-state index in [9.17, 15) is 0 Å². The van der Waals surface area contributed by atoms with Crippen LogP contribution in [0.15, 0.2) is 4.99 Å². The molecule has 0 spiro atoms. The molecule has 0 bridgehead atoms. The van der Waals surface area contributed by atoms with E-state index in [0.717, 1.165) is 19.4 Å². The molecule has 0 amide bonds. The molecule has 6 heteroatoms. The summed E-state index contributed by atoms with van der Waals surface area (Å²) in [6.07, 6.45) is 3.47. The maximum absolute atomic E-state index is 9.02. The Morgan fingerprint density at radius 2 is 2.35 bits per heavy atom. The molecule has 1 rings (SSSR count). The minimum atomic E-state index is 0.544. The lowest BCUT2D eigenvalue weighted by Gasteiger charge is -2.03. The number of hydrogen-bond acceptors (Lipinski definition) is 5. The van der Waals surface area contributed by atoms with Crippen LogP contribution >= 0.6 is 23.6 Å². The third-order valence-electron chi connectivity index (χ3n) is 2.12. The first-order valence-corrected chi connectivity index (χ1v) is 6.74. The lowest BCUT2D eigenvalue weighted by Crippen LogP contribution is -1.97. The van der Waals surface area contributed by atoms with Gasteiger partial charge in [0.25, 0.3) is 0 Å². The van der Waals surface area contributed by atoms with E-state index in [1.165, 1.54) is 17.7 Å². The summed E-state index contributed by atoms with van der Waals surface area (Å²) in [4.78, 5) is 4.72. The fourth-order valence-corrected chi connectivity index (χ4v) is 2.46. The molecule has 17 heavy (non-hydrogen) atoms. The van der Waals surface area contributed by atoms with Gasteiger partial charge in [-0.1, -0.05) is 24.7 Å². The number of rotatable bonds is 6. The smallest absolute Gasteiger partial charge is 0.176 e. The Labute approximate surface area is 110 Å².